The standard InChI is InChI=1S/C18H16N2O3S/c1-2-24(22,23)20-17-10-8-16(9-11-17)18(21)12-7-14-3-5-15(13-19)6-4-14/h3-12,20H,2H2,1H3/b12-7+. The highest BCUT2D eigenvalue weighted by Gasteiger charge is 2.07. The lowest BCUT2D eigenvalue weighted by molar-refractivity contribution is 0.104. The highest BCUT2D eigenvalue weighted by atomic mass is 32.2. The summed E-state index contributed by atoms with van der Waals surface area (Å²) < 4.78 is 25.4. The Bertz CT molecular complexity index is 891. The third-order valence-corrected chi connectivity index (χ3v) is 4.60. The Hall–Kier alpha value is -2.91. The van der Waals surface area contributed by atoms with Gasteiger partial charge in [-0.25, -0.2) is 8.42 Å². The average molecular weight is 340 g/mol. The molecule has 0 amide bonds. The first-order chi connectivity index (χ1) is 11.4. The first kappa shape index (κ1) is 17.4. The molecule has 0 fully saturated rings. The second-order valence-electron chi connectivity index (χ2n) is 5.01. The van der Waals surface area contributed by atoms with E-state index in [1.54, 1.807) is 61.5 Å². The van der Waals surface area contributed by atoms with Crippen LogP contribution >= 0.6 is 0 Å². The van der Waals surface area contributed by atoms with Crippen LogP contribution in [0.1, 0.15) is 28.4 Å². The molecule has 2 aromatic carbocycles. The number of carbonyl (C=O) groups is 1. The molecule has 24 heavy (non-hydrogen) atoms. The molecule has 0 saturated heterocycles. The van der Waals surface area contributed by atoms with Crippen LogP contribution in [0.5, 0.6) is 0 Å². The van der Waals surface area contributed by atoms with Crippen LogP contribution in [0.25, 0.3) is 6.08 Å². The van der Waals surface area contributed by atoms with Crippen molar-refractivity contribution in [2.24, 2.45) is 0 Å². The van der Waals surface area contributed by atoms with Gasteiger partial charge in [0.25, 0.3) is 0 Å². The Morgan fingerprint density at radius 2 is 1.75 bits per heavy atom. The monoisotopic (exact) mass is 340 g/mol. The van der Waals surface area contributed by atoms with Gasteiger partial charge in [-0.05, 0) is 55.0 Å². The summed E-state index contributed by atoms with van der Waals surface area (Å²) in [5.74, 6) is -0.203. The topological polar surface area (TPSA) is 87.0 Å². The summed E-state index contributed by atoms with van der Waals surface area (Å²) in [5, 5.41) is 8.74. The fraction of sp³-hybridized carbons (Fsp3) is 0.111. The van der Waals surface area contributed by atoms with Crippen molar-refractivity contribution in [2.45, 2.75) is 6.92 Å². The molecular weight excluding hydrogens is 324 g/mol. The third kappa shape index (κ3) is 4.80. The van der Waals surface area contributed by atoms with E-state index in [4.69, 9.17) is 5.26 Å². The van der Waals surface area contributed by atoms with Gasteiger partial charge in [-0.1, -0.05) is 18.2 Å². The number of rotatable bonds is 6. The van der Waals surface area contributed by atoms with Crippen molar-refractivity contribution in [3.8, 4) is 6.07 Å². The molecule has 0 aliphatic heterocycles. The number of benzene rings is 2. The van der Waals surface area contributed by atoms with E-state index in [1.807, 2.05) is 6.07 Å². The molecule has 0 spiro atoms. The normalized spacial score (nSPS) is 11.2. The van der Waals surface area contributed by atoms with Crippen LogP contribution in [0.4, 0.5) is 5.69 Å². The number of sulfonamides is 1. The molecule has 0 atom stereocenters. The van der Waals surface area contributed by atoms with E-state index in [0.717, 1.165) is 5.56 Å². The summed E-state index contributed by atoms with van der Waals surface area (Å²) in [6.07, 6.45) is 3.10. The lowest BCUT2D eigenvalue weighted by atomic mass is 10.1. The summed E-state index contributed by atoms with van der Waals surface area (Å²) in [6.45, 7) is 1.55. The fourth-order valence-electron chi connectivity index (χ4n) is 1.89. The van der Waals surface area contributed by atoms with Crippen LogP contribution in [0, 0.1) is 11.3 Å². The van der Waals surface area contributed by atoms with Crippen LogP contribution < -0.4 is 4.72 Å². The Kier molecular flexibility index (Phi) is 5.51. The Labute approximate surface area is 141 Å². The molecule has 0 aliphatic carbocycles. The predicted octanol–water partition coefficient (Wildman–Crippen LogP) is 3.22. The molecule has 6 heteroatoms. The smallest absolute Gasteiger partial charge is 0.232 e. The molecule has 0 radical (unpaired) electrons. The molecular formula is C18H16N2O3S. The van der Waals surface area contributed by atoms with Gasteiger partial charge in [0.15, 0.2) is 5.78 Å². The minimum atomic E-state index is -3.33. The number of anilines is 1. The van der Waals surface area contributed by atoms with Gasteiger partial charge in [0.2, 0.25) is 10.0 Å². The highest BCUT2D eigenvalue weighted by Crippen LogP contribution is 2.13. The zero-order valence-corrected chi connectivity index (χ0v) is 13.9. The molecule has 1 N–H and O–H groups in total. The van der Waals surface area contributed by atoms with Crippen molar-refractivity contribution in [1.29, 1.82) is 5.26 Å². The number of allylic oxidation sites excluding steroid dienone is 1. The molecule has 0 unspecified atom stereocenters. The number of hydrogen-bond donors (Lipinski definition) is 1. The van der Waals surface area contributed by atoms with E-state index >= 15 is 0 Å². The Morgan fingerprint density at radius 1 is 1.12 bits per heavy atom. The van der Waals surface area contributed by atoms with Crippen LogP contribution in [-0.4, -0.2) is 20.0 Å². The van der Waals surface area contributed by atoms with E-state index < -0.39 is 10.0 Å². The lowest BCUT2D eigenvalue weighted by Crippen LogP contribution is -2.14. The van der Waals surface area contributed by atoms with Gasteiger partial charge in [0.05, 0.1) is 17.4 Å². The van der Waals surface area contributed by atoms with E-state index in [9.17, 15) is 13.2 Å². The number of nitrogens with one attached hydrogen (secondary N) is 1. The predicted molar refractivity (Wildman–Crippen MR) is 94.0 cm³/mol. The molecule has 0 aromatic heterocycles. The summed E-state index contributed by atoms with van der Waals surface area (Å²) >= 11 is 0. The van der Waals surface area contributed by atoms with Crippen molar-refractivity contribution >= 4 is 27.6 Å². The minimum absolute atomic E-state index is 0.0129. The van der Waals surface area contributed by atoms with Crippen molar-refractivity contribution in [1.82, 2.24) is 0 Å². The number of hydrogen-bond acceptors (Lipinski definition) is 4. The van der Waals surface area contributed by atoms with E-state index in [2.05, 4.69) is 4.72 Å². The number of nitriles is 1. The first-order valence-corrected chi connectivity index (χ1v) is 8.92. The molecule has 0 saturated carbocycles. The second-order valence-corrected chi connectivity index (χ2v) is 7.03. The van der Waals surface area contributed by atoms with Gasteiger partial charge in [-0.15, -0.1) is 0 Å². The summed E-state index contributed by atoms with van der Waals surface area (Å²) in [6, 6.07) is 15.1. The van der Waals surface area contributed by atoms with Gasteiger partial charge in [-0.2, -0.15) is 5.26 Å². The number of ketones is 1. The summed E-state index contributed by atoms with van der Waals surface area (Å²) in [7, 11) is -3.33. The quantitative estimate of drug-likeness (QED) is 0.646. The minimum Gasteiger partial charge on any atom is -0.289 e. The largest absolute Gasteiger partial charge is 0.289 e. The van der Waals surface area contributed by atoms with E-state index in [1.165, 1.54) is 6.08 Å². The molecule has 5 nitrogen and oxygen atoms in total. The van der Waals surface area contributed by atoms with Crippen LogP contribution in [-0.2, 0) is 10.0 Å². The Morgan fingerprint density at radius 3 is 2.29 bits per heavy atom. The maximum atomic E-state index is 12.1. The van der Waals surface area contributed by atoms with Gasteiger partial charge in [0.1, 0.15) is 0 Å². The molecule has 0 heterocycles. The van der Waals surface area contributed by atoms with Crippen molar-refractivity contribution < 1.29 is 13.2 Å². The van der Waals surface area contributed by atoms with Crippen molar-refractivity contribution in [3.05, 3.63) is 71.3 Å². The molecule has 122 valence electrons. The maximum absolute atomic E-state index is 12.1. The van der Waals surface area contributed by atoms with Crippen LogP contribution in [0.3, 0.4) is 0 Å². The number of nitrogens with zero attached hydrogens (tertiary/aromatic N) is 1. The van der Waals surface area contributed by atoms with Gasteiger partial charge < -0.3 is 0 Å². The number of carbonyl (C=O) groups excluding carboxylic acids is 1. The van der Waals surface area contributed by atoms with Gasteiger partial charge >= 0.3 is 0 Å². The van der Waals surface area contributed by atoms with E-state index in [-0.39, 0.29) is 11.5 Å². The van der Waals surface area contributed by atoms with Crippen molar-refractivity contribution in [2.75, 3.05) is 10.5 Å². The van der Waals surface area contributed by atoms with E-state index in [0.29, 0.717) is 16.8 Å². The fourth-order valence-corrected chi connectivity index (χ4v) is 2.53. The zero-order chi connectivity index (χ0) is 17.6. The van der Waals surface area contributed by atoms with Crippen LogP contribution in [0.2, 0.25) is 0 Å². The molecule has 0 bridgehead atoms. The summed E-state index contributed by atoms with van der Waals surface area (Å²) in [4.78, 5) is 12.1. The highest BCUT2D eigenvalue weighted by molar-refractivity contribution is 7.92. The molecule has 2 aromatic rings. The average Bonchev–Trinajstić information content (AvgIpc) is 2.60. The molecule has 0 aliphatic rings. The first-order valence-electron chi connectivity index (χ1n) is 7.26. The zero-order valence-electron chi connectivity index (χ0n) is 13.1. The van der Waals surface area contributed by atoms with Crippen molar-refractivity contribution in [3.63, 3.8) is 0 Å². The molecule has 2 rings (SSSR count). The Balaban J connectivity index is 2.07. The van der Waals surface area contributed by atoms with Gasteiger partial charge in [-0.3, -0.25) is 9.52 Å². The lowest BCUT2D eigenvalue weighted by Gasteiger charge is -2.06. The maximum Gasteiger partial charge on any atom is 0.232 e. The SMILES string of the molecule is CCS(=O)(=O)Nc1ccc(C(=O)/C=C/c2ccc(C#N)cc2)cc1. The second kappa shape index (κ2) is 7.57. The van der Waals surface area contributed by atoms with Crippen LogP contribution in [0.15, 0.2) is 54.6 Å². The van der Waals surface area contributed by atoms with Gasteiger partial charge in [0, 0.05) is 11.3 Å². The third-order valence-electron chi connectivity index (χ3n) is 3.29. The summed E-state index contributed by atoms with van der Waals surface area (Å²) in [5.41, 5.74) is 2.25.